The van der Waals surface area contributed by atoms with Gasteiger partial charge in [0.05, 0.1) is 0 Å². The minimum atomic E-state index is -0.239. The summed E-state index contributed by atoms with van der Waals surface area (Å²) in [4.78, 5) is 8.35. The van der Waals surface area contributed by atoms with E-state index in [9.17, 15) is 4.39 Å². The Bertz CT molecular complexity index is 769. The fraction of sp³-hybridized carbons (Fsp3) is 0.143. The van der Waals surface area contributed by atoms with E-state index in [4.69, 9.17) is 0 Å². The normalized spacial score (nSPS) is 10.8. The molecular formula is C14H11FN4S. The summed E-state index contributed by atoms with van der Waals surface area (Å²) in [7, 11) is 0. The van der Waals surface area contributed by atoms with Crippen molar-refractivity contribution < 1.29 is 4.39 Å². The van der Waals surface area contributed by atoms with Crippen LogP contribution in [0.15, 0.2) is 30.5 Å². The summed E-state index contributed by atoms with van der Waals surface area (Å²) in [6, 6.07) is 6.84. The van der Waals surface area contributed by atoms with Gasteiger partial charge in [0.25, 0.3) is 0 Å². The molecule has 2 aromatic heterocycles. The number of rotatable bonds is 2. The van der Waals surface area contributed by atoms with Crippen molar-refractivity contribution in [2.45, 2.75) is 13.8 Å². The molecule has 0 atom stereocenters. The Balaban J connectivity index is 1.99. The van der Waals surface area contributed by atoms with Crippen molar-refractivity contribution in [3.63, 3.8) is 0 Å². The summed E-state index contributed by atoms with van der Waals surface area (Å²) in [5.41, 5.74) is 2.07. The van der Waals surface area contributed by atoms with Gasteiger partial charge in [0.1, 0.15) is 22.3 Å². The summed E-state index contributed by atoms with van der Waals surface area (Å²) in [6.45, 7) is 3.55. The van der Waals surface area contributed by atoms with Crippen LogP contribution in [0.5, 0.6) is 0 Å². The third kappa shape index (κ3) is 2.42. The lowest BCUT2D eigenvalue weighted by Gasteiger charge is -1.98. The zero-order valence-corrected chi connectivity index (χ0v) is 11.8. The lowest BCUT2D eigenvalue weighted by molar-refractivity contribution is 0.619. The summed E-state index contributed by atoms with van der Waals surface area (Å²) in [5, 5.41) is 9.59. The first-order valence-electron chi connectivity index (χ1n) is 6.03. The van der Waals surface area contributed by atoms with E-state index in [0.29, 0.717) is 21.4 Å². The van der Waals surface area contributed by atoms with Crippen molar-refractivity contribution in [3.05, 3.63) is 47.7 Å². The molecule has 20 heavy (non-hydrogen) atoms. The van der Waals surface area contributed by atoms with Gasteiger partial charge in [0.15, 0.2) is 5.01 Å². The van der Waals surface area contributed by atoms with E-state index in [1.807, 2.05) is 13.0 Å². The Morgan fingerprint density at radius 2 is 1.85 bits per heavy atom. The van der Waals surface area contributed by atoms with Gasteiger partial charge < -0.3 is 0 Å². The van der Waals surface area contributed by atoms with E-state index in [1.165, 1.54) is 17.4 Å². The van der Waals surface area contributed by atoms with Crippen molar-refractivity contribution in [1.82, 2.24) is 20.2 Å². The fourth-order valence-corrected chi connectivity index (χ4v) is 2.55. The van der Waals surface area contributed by atoms with Crippen LogP contribution < -0.4 is 0 Å². The molecule has 0 aliphatic rings. The molecular weight excluding hydrogens is 275 g/mol. The minimum absolute atomic E-state index is 0.239. The Morgan fingerprint density at radius 1 is 1.05 bits per heavy atom. The highest BCUT2D eigenvalue weighted by Gasteiger charge is 2.11. The molecule has 0 radical (unpaired) electrons. The highest BCUT2D eigenvalue weighted by molar-refractivity contribution is 7.17. The van der Waals surface area contributed by atoms with Gasteiger partial charge in [-0.15, -0.1) is 10.2 Å². The van der Waals surface area contributed by atoms with Crippen molar-refractivity contribution in [3.8, 4) is 21.3 Å². The Hall–Kier alpha value is -2.21. The van der Waals surface area contributed by atoms with Gasteiger partial charge >= 0.3 is 0 Å². The standard InChI is InChI=1S/C14H11FN4S/c1-8-3-4-10(7-11(8)15)13-18-19-14(20-13)12-5-6-16-9(2)17-12/h3-7H,1-2H3. The van der Waals surface area contributed by atoms with Gasteiger partial charge in [-0.2, -0.15) is 0 Å². The van der Waals surface area contributed by atoms with Crippen LogP contribution >= 0.6 is 11.3 Å². The summed E-state index contributed by atoms with van der Waals surface area (Å²) in [5.74, 6) is 0.442. The molecule has 0 aliphatic heterocycles. The second-order valence-electron chi connectivity index (χ2n) is 4.37. The Labute approximate surface area is 119 Å². The SMILES string of the molecule is Cc1nccc(-c2nnc(-c3ccc(C)c(F)c3)s2)n1. The fourth-order valence-electron chi connectivity index (χ4n) is 1.74. The van der Waals surface area contributed by atoms with Gasteiger partial charge in [-0.1, -0.05) is 23.5 Å². The van der Waals surface area contributed by atoms with E-state index >= 15 is 0 Å². The highest BCUT2D eigenvalue weighted by atomic mass is 32.1. The van der Waals surface area contributed by atoms with Crippen LogP contribution in [0.3, 0.4) is 0 Å². The maximum absolute atomic E-state index is 13.6. The summed E-state index contributed by atoms with van der Waals surface area (Å²) in [6.07, 6.45) is 1.68. The molecule has 0 unspecified atom stereocenters. The molecule has 2 heterocycles. The van der Waals surface area contributed by atoms with E-state index in [1.54, 1.807) is 25.3 Å². The number of nitrogens with zero attached hydrogens (tertiary/aromatic N) is 4. The molecule has 0 N–H and O–H groups in total. The molecule has 0 saturated heterocycles. The highest BCUT2D eigenvalue weighted by Crippen LogP contribution is 2.29. The van der Waals surface area contributed by atoms with Gasteiger partial charge in [-0.05, 0) is 31.5 Å². The van der Waals surface area contributed by atoms with E-state index in [-0.39, 0.29) is 5.82 Å². The Kier molecular flexibility index (Phi) is 3.23. The number of hydrogen-bond donors (Lipinski definition) is 0. The zero-order chi connectivity index (χ0) is 14.1. The lowest BCUT2D eigenvalue weighted by atomic mass is 10.1. The summed E-state index contributed by atoms with van der Waals surface area (Å²) < 4.78 is 13.6. The number of aromatic nitrogens is 4. The van der Waals surface area contributed by atoms with E-state index in [0.717, 1.165) is 11.3 Å². The van der Waals surface area contributed by atoms with Crippen molar-refractivity contribution in [1.29, 1.82) is 0 Å². The number of halogens is 1. The maximum Gasteiger partial charge on any atom is 0.166 e. The van der Waals surface area contributed by atoms with Gasteiger partial charge in [-0.25, -0.2) is 14.4 Å². The average molecular weight is 286 g/mol. The molecule has 0 amide bonds. The molecule has 0 aliphatic carbocycles. The van der Waals surface area contributed by atoms with Crippen LogP contribution in [0.2, 0.25) is 0 Å². The number of benzene rings is 1. The molecule has 100 valence electrons. The van der Waals surface area contributed by atoms with E-state index in [2.05, 4.69) is 20.2 Å². The first kappa shape index (κ1) is 12.8. The quantitative estimate of drug-likeness (QED) is 0.724. The monoisotopic (exact) mass is 286 g/mol. The minimum Gasteiger partial charge on any atom is -0.242 e. The predicted octanol–water partition coefficient (Wildman–Crippen LogP) is 3.42. The number of aryl methyl sites for hydroxylation is 2. The maximum atomic E-state index is 13.6. The lowest BCUT2D eigenvalue weighted by Crippen LogP contribution is -1.88. The predicted molar refractivity (Wildman–Crippen MR) is 75.8 cm³/mol. The Morgan fingerprint density at radius 3 is 2.60 bits per heavy atom. The number of hydrogen-bond acceptors (Lipinski definition) is 5. The molecule has 0 bridgehead atoms. The molecule has 3 rings (SSSR count). The first-order chi connectivity index (χ1) is 9.63. The van der Waals surface area contributed by atoms with Crippen LogP contribution in [0.1, 0.15) is 11.4 Å². The van der Waals surface area contributed by atoms with Crippen molar-refractivity contribution >= 4 is 11.3 Å². The molecule has 4 nitrogen and oxygen atoms in total. The van der Waals surface area contributed by atoms with Crippen LogP contribution in [0.4, 0.5) is 4.39 Å². The largest absolute Gasteiger partial charge is 0.242 e. The smallest absolute Gasteiger partial charge is 0.166 e. The zero-order valence-electron chi connectivity index (χ0n) is 11.0. The van der Waals surface area contributed by atoms with E-state index < -0.39 is 0 Å². The average Bonchev–Trinajstić information content (AvgIpc) is 2.92. The second-order valence-corrected chi connectivity index (χ2v) is 5.34. The van der Waals surface area contributed by atoms with Crippen LogP contribution in [-0.4, -0.2) is 20.2 Å². The molecule has 6 heteroatoms. The van der Waals surface area contributed by atoms with Crippen molar-refractivity contribution in [2.75, 3.05) is 0 Å². The first-order valence-corrected chi connectivity index (χ1v) is 6.85. The second kappa shape index (κ2) is 5.05. The van der Waals surface area contributed by atoms with Crippen LogP contribution in [0.25, 0.3) is 21.3 Å². The third-order valence-electron chi connectivity index (χ3n) is 2.84. The van der Waals surface area contributed by atoms with Gasteiger partial charge in [-0.3, -0.25) is 0 Å². The summed E-state index contributed by atoms with van der Waals surface area (Å²) >= 11 is 1.38. The molecule has 1 aromatic carbocycles. The molecule has 0 fully saturated rings. The molecule has 0 saturated carbocycles. The van der Waals surface area contributed by atoms with Crippen molar-refractivity contribution in [2.24, 2.45) is 0 Å². The topological polar surface area (TPSA) is 51.6 Å². The van der Waals surface area contributed by atoms with Crippen LogP contribution in [0, 0.1) is 19.7 Å². The molecule has 0 spiro atoms. The van der Waals surface area contributed by atoms with Gasteiger partial charge in [0.2, 0.25) is 0 Å². The van der Waals surface area contributed by atoms with Gasteiger partial charge in [0, 0.05) is 11.8 Å². The van der Waals surface area contributed by atoms with Crippen LogP contribution in [-0.2, 0) is 0 Å². The molecule has 3 aromatic rings. The third-order valence-corrected chi connectivity index (χ3v) is 3.83.